The number of piperidine rings is 1. The highest BCUT2D eigenvalue weighted by molar-refractivity contribution is 5.67. The summed E-state index contributed by atoms with van der Waals surface area (Å²) < 4.78 is 5.02. The third-order valence-electron chi connectivity index (χ3n) is 3.71. The van der Waals surface area contributed by atoms with E-state index in [4.69, 9.17) is 4.74 Å². The van der Waals surface area contributed by atoms with Gasteiger partial charge >= 0.3 is 6.09 Å². The van der Waals surface area contributed by atoms with Gasteiger partial charge in [0, 0.05) is 19.1 Å². The molecule has 2 rings (SSSR count). The molecule has 0 spiro atoms. The van der Waals surface area contributed by atoms with E-state index in [-0.39, 0.29) is 6.09 Å². The number of ether oxygens (including phenoxy) is 1. The maximum atomic E-state index is 11.6. The summed E-state index contributed by atoms with van der Waals surface area (Å²) in [6.45, 7) is 4.88. The van der Waals surface area contributed by atoms with Crippen LogP contribution in [0.4, 0.5) is 4.79 Å². The van der Waals surface area contributed by atoms with Gasteiger partial charge in [-0.3, -0.25) is 0 Å². The highest BCUT2D eigenvalue weighted by atomic mass is 16.6. The SMILES string of the molecule is CCOC(=O)N1CCC(NCCc2ccccc2)CC1. The van der Waals surface area contributed by atoms with E-state index in [1.165, 1.54) is 5.56 Å². The largest absolute Gasteiger partial charge is 0.450 e. The van der Waals surface area contributed by atoms with Crippen LogP contribution in [0.25, 0.3) is 0 Å². The van der Waals surface area contributed by atoms with Gasteiger partial charge in [0.2, 0.25) is 0 Å². The lowest BCUT2D eigenvalue weighted by molar-refractivity contribution is 0.0952. The highest BCUT2D eigenvalue weighted by Gasteiger charge is 2.22. The van der Waals surface area contributed by atoms with Crippen molar-refractivity contribution in [3.63, 3.8) is 0 Å². The Bertz CT molecular complexity index is 400. The number of amides is 1. The fourth-order valence-electron chi connectivity index (χ4n) is 2.55. The van der Waals surface area contributed by atoms with Crippen molar-refractivity contribution in [2.75, 3.05) is 26.2 Å². The van der Waals surface area contributed by atoms with Gasteiger partial charge in [0.1, 0.15) is 0 Å². The molecule has 1 saturated heterocycles. The van der Waals surface area contributed by atoms with Crippen LogP contribution in [-0.2, 0) is 11.2 Å². The molecule has 0 aromatic heterocycles. The Morgan fingerprint density at radius 1 is 1.30 bits per heavy atom. The van der Waals surface area contributed by atoms with E-state index in [9.17, 15) is 4.79 Å². The minimum absolute atomic E-state index is 0.171. The molecule has 1 heterocycles. The lowest BCUT2D eigenvalue weighted by Crippen LogP contribution is -2.45. The van der Waals surface area contributed by atoms with Crippen molar-refractivity contribution in [1.82, 2.24) is 10.2 Å². The fraction of sp³-hybridized carbons (Fsp3) is 0.562. The molecular weight excluding hydrogens is 252 g/mol. The van der Waals surface area contributed by atoms with Crippen LogP contribution in [0.1, 0.15) is 25.3 Å². The van der Waals surface area contributed by atoms with Crippen molar-refractivity contribution in [2.24, 2.45) is 0 Å². The number of nitrogens with one attached hydrogen (secondary N) is 1. The first kappa shape index (κ1) is 14.9. The van der Waals surface area contributed by atoms with Crippen LogP contribution in [0.15, 0.2) is 30.3 Å². The smallest absolute Gasteiger partial charge is 0.409 e. The lowest BCUT2D eigenvalue weighted by atomic mass is 10.0. The van der Waals surface area contributed by atoms with Crippen LogP contribution >= 0.6 is 0 Å². The molecule has 0 bridgehead atoms. The van der Waals surface area contributed by atoms with Gasteiger partial charge < -0.3 is 15.0 Å². The Labute approximate surface area is 121 Å². The van der Waals surface area contributed by atoms with Gasteiger partial charge in [0.15, 0.2) is 0 Å². The zero-order valence-electron chi connectivity index (χ0n) is 12.2. The molecule has 0 saturated carbocycles. The zero-order chi connectivity index (χ0) is 14.2. The molecule has 1 N–H and O–H groups in total. The summed E-state index contributed by atoms with van der Waals surface area (Å²) in [5, 5.41) is 3.58. The molecule has 0 radical (unpaired) electrons. The van der Waals surface area contributed by atoms with Gasteiger partial charge in [-0.25, -0.2) is 4.79 Å². The monoisotopic (exact) mass is 276 g/mol. The van der Waals surface area contributed by atoms with Crippen molar-refractivity contribution >= 4 is 6.09 Å². The van der Waals surface area contributed by atoms with E-state index in [1.54, 1.807) is 4.90 Å². The number of benzene rings is 1. The van der Waals surface area contributed by atoms with Crippen LogP contribution in [0.2, 0.25) is 0 Å². The first-order valence-corrected chi connectivity index (χ1v) is 7.48. The van der Waals surface area contributed by atoms with Gasteiger partial charge in [-0.15, -0.1) is 0 Å². The van der Waals surface area contributed by atoms with Crippen LogP contribution in [0.3, 0.4) is 0 Å². The summed E-state index contributed by atoms with van der Waals surface area (Å²) in [5.41, 5.74) is 1.36. The van der Waals surface area contributed by atoms with E-state index in [0.29, 0.717) is 12.6 Å². The minimum atomic E-state index is -0.171. The summed E-state index contributed by atoms with van der Waals surface area (Å²) in [5.74, 6) is 0. The number of nitrogens with zero attached hydrogens (tertiary/aromatic N) is 1. The quantitative estimate of drug-likeness (QED) is 0.898. The van der Waals surface area contributed by atoms with Crippen LogP contribution in [-0.4, -0.2) is 43.3 Å². The second-order valence-corrected chi connectivity index (χ2v) is 5.15. The maximum absolute atomic E-state index is 11.6. The molecule has 20 heavy (non-hydrogen) atoms. The molecule has 4 nitrogen and oxygen atoms in total. The summed E-state index contributed by atoms with van der Waals surface area (Å²) in [6.07, 6.45) is 2.90. The number of likely N-dealkylation sites (tertiary alicyclic amines) is 1. The molecule has 0 atom stereocenters. The normalized spacial score (nSPS) is 16.1. The maximum Gasteiger partial charge on any atom is 0.409 e. The van der Waals surface area contributed by atoms with Gasteiger partial charge in [0.25, 0.3) is 0 Å². The summed E-state index contributed by atoms with van der Waals surface area (Å²) in [4.78, 5) is 13.4. The molecule has 0 aliphatic carbocycles. The molecule has 4 heteroatoms. The van der Waals surface area contributed by atoms with Crippen molar-refractivity contribution in [3.05, 3.63) is 35.9 Å². The highest BCUT2D eigenvalue weighted by Crippen LogP contribution is 2.11. The van der Waals surface area contributed by atoms with E-state index in [2.05, 4.69) is 29.6 Å². The van der Waals surface area contributed by atoms with Gasteiger partial charge in [-0.2, -0.15) is 0 Å². The Kier molecular flexibility index (Phi) is 5.87. The predicted molar refractivity (Wildman–Crippen MR) is 79.8 cm³/mol. The number of carbonyl (C=O) groups is 1. The standard InChI is InChI=1S/C16H24N2O2/c1-2-20-16(19)18-12-9-15(10-13-18)17-11-8-14-6-4-3-5-7-14/h3-7,15,17H,2,8-13H2,1H3. The van der Waals surface area contributed by atoms with E-state index < -0.39 is 0 Å². The van der Waals surface area contributed by atoms with Crippen molar-refractivity contribution in [1.29, 1.82) is 0 Å². The Hall–Kier alpha value is -1.55. The van der Waals surface area contributed by atoms with Crippen molar-refractivity contribution in [2.45, 2.75) is 32.2 Å². The molecular formula is C16H24N2O2. The summed E-state index contributed by atoms with van der Waals surface area (Å²) in [6, 6.07) is 11.0. The molecule has 1 amide bonds. The summed E-state index contributed by atoms with van der Waals surface area (Å²) in [7, 11) is 0. The Morgan fingerprint density at radius 2 is 2.00 bits per heavy atom. The Morgan fingerprint density at radius 3 is 2.65 bits per heavy atom. The van der Waals surface area contributed by atoms with Gasteiger partial charge in [-0.1, -0.05) is 30.3 Å². The van der Waals surface area contributed by atoms with Gasteiger partial charge in [-0.05, 0) is 38.3 Å². The van der Waals surface area contributed by atoms with E-state index in [1.807, 2.05) is 13.0 Å². The molecule has 1 fully saturated rings. The number of hydrogen-bond acceptors (Lipinski definition) is 3. The number of rotatable bonds is 5. The van der Waals surface area contributed by atoms with Crippen molar-refractivity contribution < 1.29 is 9.53 Å². The average Bonchev–Trinajstić information content (AvgIpc) is 2.49. The lowest BCUT2D eigenvalue weighted by Gasteiger charge is -2.31. The second-order valence-electron chi connectivity index (χ2n) is 5.15. The van der Waals surface area contributed by atoms with Gasteiger partial charge in [0.05, 0.1) is 6.61 Å². The molecule has 1 aromatic rings. The zero-order valence-corrected chi connectivity index (χ0v) is 12.2. The minimum Gasteiger partial charge on any atom is -0.450 e. The number of carbonyl (C=O) groups excluding carboxylic acids is 1. The Balaban J connectivity index is 1.63. The molecule has 1 aliphatic heterocycles. The van der Waals surface area contributed by atoms with Crippen molar-refractivity contribution in [3.8, 4) is 0 Å². The third kappa shape index (κ3) is 4.53. The first-order chi connectivity index (χ1) is 9.79. The van der Waals surface area contributed by atoms with E-state index in [0.717, 1.165) is 38.9 Å². The second kappa shape index (κ2) is 7.90. The molecule has 1 aliphatic rings. The van der Waals surface area contributed by atoms with Crippen LogP contribution < -0.4 is 5.32 Å². The van der Waals surface area contributed by atoms with Crippen LogP contribution in [0.5, 0.6) is 0 Å². The molecule has 1 aromatic carbocycles. The molecule has 0 unspecified atom stereocenters. The predicted octanol–water partition coefficient (Wildman–Crippen LogP) is 2.44. The van der Waals surface area contributed by atoms with Crippen LogP contribution in [0, 0.1) is 0 Å². The third-order valence-corrected chi connectivity index (χ3v) is 3.71. The molecule has 110 valence electrons. The first-order valence-electron chi connectivity index (χ1n) is 7.48. The fourth-order valence-corrected chi connectivity index (χ4v) is 2.55. The summed E-state index contributed by atoms with van der Waals surface area (Å²) >= 11 is 0. The number of hydrogen-bond donors (Lipinski definition) is 1. The van der Waals surface area contributed by atoms with E-state index >= 15 is 0 Å². The topological polar surface area (TPSA) is 41.6 Å². The average molecular weight is 276 g/mol.